The highest BCUT2D eigenvalue weighted by Gasteiger charge is 2.30. The summed E-state index contributed by atoms with van der Waals surface area (Å²) in [4.78, 5) is 40.6. The van der Waals surface area contributed by atoms with Crippen LogP contribution in [0.15, 0.2) is 4.99 Å². The number of nitrogens with zero attached hydrogens (tertiary/aromatic N) is 2. The summed E-state index contributed by atoms with van der Waals surface area (Å²) < 4.78 is 9.45. The van der Waals surface area contributed by atoms with Crippen LogP contribution in [-0.4, -0.2) is 68.2 Å². The van der Waals surface area contributed by atoms with Crippen LogP contribution in [0.5, 0.6) is 0 Å². The van der Waals surface area contributed by atoms with Gasteiger partial charge in [0.15, 0.2) is 5.96 Å². The van der Waals surface area contributed by atoms with E-state index in [9.17, 15) is 14.4 Å². The molecule has 0 aliphatic heterocycles. The summed E-state index contributed by atoms with van der Waals surface area (Å²) in [6.07, 6.45) is 0.758. The van der Waals surface area contributed by atoms with E-state index in [4.69, 9.17) is 20.9 Å². The molecule has 0 aromatic carbocycles. The minimum atomic E-state index is -0.898. The van der Waals surface area contributed by atoms with Crippen molar-refractivity contribution in [3.05, 3.63) is 0 Å². The summed E-state index contributed by atoms with van der Waals surface area (Å²) in [7, 11) is 2.64. The Bertz CT molecular complexity index is 471. The summed E-state index contributed by atoms with van der Waals surface area (Å²) in [5.41, 5.74) is 10.7. The van der Waals surface area contributed by atoms with Crippen LogP contribution in [0.3, 0.4) is 0 Å². The van der Waals surface area contributed by atoms with Crippen molar-refractivity contribution in [2.45, 2.75) is 38.8 Å². The second-order valence-electron chi connectivity index (χ2n) is 4.97. The molecule has 0 aliphatic carbocycles. The van der Waals surface area contributed by atoms with E-state index >= 15 is 0 Å². The van der Waals surface area contributed by atoms with E-state index < -0.39 is 24.0 Å². The van der Waals surface area contributed by atoms with Gasteiger partial charge in [0.2, 0.25) is 0 Å². The number of hydrogen-bond donors (Lipinski definition) is 3. The fourth-order valence-electron chi connectivity index (χ4n) is 1.95. The smallest absolute Gasteiger partial charge is 0.328 e. The molecule has 0 aromatic rings. The van der Waals surface area contributed by atoms with Crippen molar-refractivity contribution in [1.82, 2.24) is 10.2 Å². The number of ether oxygens (including phenoxy) is 2. The average molecular weight is 382 g/mol. The van der Waals surface area contributed by atoms with E-state index in [2.05, 4.69) is 10.3 Å². The number of rotatable bonds is 9. The molecule has 0 spiro atoms. The van der Waals surface area contributed by atoms with Crippen LogP contribution in [-0.2, 0) is 19.1 Å². The molecule has 2 amide bonds. The molecule has 1 unspecified atom stereocenters. The van der Waals surface area contributed by atoms with E-state index in [1.165, 1.54) is 14.2 Å². The Morgan fingerprint density at radius 2 is 1.84 bits per heavy atom. The van der Waals surface area contributed by atoms with Gasteiger partial charge in [0.05, 0.1) is 19.8 Å². The van der Waals surface area contributed by atoms with E-state index in [1.807, 2.05) is 6.92 Å². The number of esters is 2. The lowest BCUT2D eigenvalue weighted by molar-refractivity contribution is -0.145. The maximum atomic E-state index is 12.1. The highest BCUT2D eigenvalue weighted by Crippen LogP contribution is 2.13. The first-order chi connectivity index (χ1) is 11.3. The predicted molar refractivity (Wildman–Crippen MR) is 95.4 cm³/mol. The van der Waals surface area contributed by atoms with Crippen LogP contribution in [0, 0.1) is 0 Å². The van der Waals surface area contributed by atoms with Crippen molar-refractivity contribution in [2.75, 3.05) is 27.3 Å². The number of guanidine groups is 1. The lowest BCUT2D eigenvalue weighted by Gasteiger charge is -2.28. The minimum Gasteiger partial charge on any atom is -0.467 e. The zero-order valence-electron chi connectivity index (χ0n) is 15.0. The van der Waals surface area contributed by atoms with Crippen LogP contribution < -0.4 is 16.8 Å². The van der Waals surface area contributed by atoms with Crippen LogP contribution in [0.25, 0.3) is 0 Å². The molecule has 5 N–H and O–H groups in total. The molecule has 0 radical (unpaired) electrons. The molecule has 10 nitrogen and oxygen atoms in total. The van der Waals surface area contributed by atoms with Gasteiger partial charge in [-0.3, -0.25) is 9.79 Å². The monoisotopic (exact) mass is 381 g/mol. The number of carbonyl (C=O) groups is 3. The van der Waals surface area contributed by atoms with Crippen molar-refractivity contribution in [3.8, 4) is 0 Å². The number of amides is 2. The Morgan fingerprint density at radius 3 is 2.28 bits per heavy atom. The van der Waals surface area contributed by atoms with Gasteiger partial charge in [0.25, 0.3) is 0 Å². The van der Waals surface area contributed by atoms with Gasteiger partial charge >= 0.3 is 18.0 Å². The van der Waals surface area contributed by atoms with Crippen molar-refractivity contribution in [2.24, 2.45) is 16.5 Å². The van der Waals surface area contributed by atoms with Gasteiger partial charge in [-0.25, -0.2) is 9.59 Å². The van der Waals surface area contributed by atoms with E-state index in [1.54, 1.807) is 6.92 Å². The summed E-state index contributed by atoms with van der Waals surface area (Å²) in [5.74, 6) is -1.27. The summed E-state index contributed by atoms with van der Waals surface area (Å²) in [5, 5.41) is 2.38. The molecule has 25 heavy (non-hydrogen) atoms. The zero-order chi connectivity index (χ0) is 18.7. The van der Waals surface area contributed by atoms with Gasteiger partial charge in [0.1, 0.15) is 12.6 Å². The number of halogens is 1. The average Bonchev–Trinajstić information content (AvgIpc) is 2.54. The topological polar surface area (TPSA) is 149 Å². The molecule has 0 rings (SSSR count). The van der Waals surface area contributed by atoms with E-state index in [-0.39, 0.29) is 44.0 Å². The van der Waals surface area contributed by atoms with Gasteiger partial charge in [-0.1, -0.05) is 6.92 Å². The standard InChI is InChI=1S/C14H27N5O5.ClH/c1-5-9(18-13(15)16)7-10(12(21)23-4)19(3)14(22)17-8-11(20)24-6-2;/h9-10H,5-8H2,1-4H3,(H,17,22)(H4,15,16,18);1H/t9-,10?;/m0./s1. The molecule has 2 atom stereocenters. The molecule has 146 valence electrons. The van der Waals surface area contributed by atoms with Crippen LogP contribution in [0.1, 0.15) is 26.7 Å². The third-order valence-electron chi connectivity index (χ3n) is 3.25. The quantitative estimate of drug-likeness (QED) is 0.279. The van der Waals surface area contributed by atoms with Crippen molar-refractivity contribution in [1.29, 1.82) is 0 Å². The second kappa shape index (κ2) is 13.1. The molecule has 0 saturated carbocycles. The normalized spacial score (nSPS) is 12.0. The Labute approximate surface area is 153 Å². The lowest BCUT2D eigenvalue weighted by atomic mass is 10.0. The molecule has 11 heteroatoms. The maximum absolute atomic E-state index is 12.1. The Balaban J connectivity index is 0. The lowest BCUT2D eigenvalue weighted by Crippen LogP contribution is -2.50. The van der Waals surface area contributed by atoms with Gasteiger partial charge in [-0.15, -0.1) is 12.4 Å². The van der Waals surface area contributed by atoms with Gasteiger partial charge in [-0.05, 0) is 13.3 Å². The molecule has 0 saturated heterocycles. The maximum Gasteiger partial charge on any atom is 0.328 e. The van der Waals surface area contributed by atoms with Crippen molar-refractivity contribution >= 4 is 36.3 Å². The number of carbonyl (C=O) groups excluding carboxylic acids is 3. The molecular formula is C14H28ClN5O5. The number of hydrogen-bond acceptors (Lipinski definition) is 6. The number of nitrogens with two attached hydrogens (primary N) is 2. The zero-order valence-corrected chi connectivity index (χ0v) is 15.8. The molecular weight excluding hydrogens is 354 g/mol. The van der Waals surface area contributed by atoms with E-state index in [0.717, 1.165) is 4.90 Å². The highest BCUT2D eigenvalue weighted by molar-refractivity contribution is 5.86. The van der Waals surface area contributed by atoms with Crippen molar-refractivity contribution < 1.29 is 23.9 Å². The fraction of sp³-hybridized carbons (Fsp3) is 0.714. The van der Waals surface area contributed by atoms with E-state index in [0.29, 0.717) is 6.42 Å². The van der Waals surface area contributed by atoms with Crippen molar-refractivity contribution in [3.63, 3.8) is 0 Å². The summed E-state index contributed by atoms with van der Waals surface area (Å²) in [6.45, 7) is 3.43. The first-order valence-electron chi connectivity index (χ1n) is 7.59. The van der Waals surface area contributed by atoms with Crippen LogP contribution in [0.4, 0.5) is 4.79 Å². The molecule has 0 heterocycles. The third kappa shape index (κ3) is 9.60. The highest BCUT2D eigenvalue weighted by atomic mass is 35.5. The van der Waals surface area contributed by atoms with Gasteiger partial charge in [0, 0.05) is 13.5 Å². The number of likely N-dealkylation sites (N-methyl/N-ethyl adjacent to an activating group) is 1. The molecule has 0 aromatic heterocycles. The molecule has 0 bridgehead atoms. The first-order valence-corrected chi connectivity index (χ1v) is 7.59. The Hall–Kier alpha value is -2.23. The fourth-order valence-corrected chi connectivity index (χ4v) is 1.95. The van der Waals surface area contributed by atoms with Gasteiger partial charge in [-0.2, -0.15) is 0 Å². The molecule has 0 fully saturated rings. The number of urea groups is 1. The summed E-state index contributed by atoms with van der Waals surface area (Å²) >= 11 is 0. The first kappa shape index (κ1) is 25.0. The largest absolute Gasteiger partial charge is 0.467 e. The number of nitrogens with one attached hydrogen (secondary N) is 1. The van der Waals surface area contributed by atoms with Gasteiger partial charge < -0.3 is 31.2 Å². The summed E-state index contributed by atoms with van der Waals surface area (Å²) in [6, 6.07) is -1.86. The number of aliphatic imine (C=N–C) groups is 1. The van der Waals surface area contributed by atoms with Crippen LogP contribution in [0.2, 0.25) is 0 Å². The predicted octanol–water partition coefficient (Wildman–Crippen LogP) is -0.404. The second-order valence-corrected chi connectivity index (χ2v) is 4.97. The number of methoxy groups -OCH3 is 1. The Morgan fingerprint density at radius 1 is 1.24 bits per heavy atom. The molecule has 0 aliphatic rings. The Kier molecular flexibility index (Phi) is 13.1. The van der Waals surface area contributed by atoms with Crippen LogP contribution >= 0.6 is 12.4 Å². The third-order valence-corrected chi connectivity index (χ3v) is 3.25. The SMILES string of the molecule is CCOC(=O)CNC(=O)N(C)C(C[C@H](CC)N=C(N)N)C(=O)OC.Cl. The minimum absolute atomic E-state index is 0.